The molecule has 0 bridgehead atoms. The van der Waals surface area contributed by atoms with E-state index in [1.54, 1.807) is 5.06 Å². The molecule has 2 N–H and O–H groups in total. The second-order valence-electron chi connectivity index (χ2n) is 9.67. The number of likely N-dealkylation sites (tertiary alicyclic amines) is 1. The second kappa shape index (κ2) is 11.8. The third-order valence-corrected chi connectivity index (χ3v) is 7.04. The average molecular weight is 450 g/mol. The molecule has 1 aliphatic carbocycles. The van der Waals surface area contributed by atoms with Gasteiger partial charge in [-0.3, -0.25) is 4.79 Å². The van der Waals surface area contributed by atoms with Crippen LogP contribution in [-0.4, -0.2) is 79.0 Å². The van der Waals surface area contributed by atoms with Crippen LogP contribution in [0.1, 0.15) is 65.2 Å². The predicted octanol–water partition coefficient (Wildman–Crippen LogP) is 2.18. The summed E-state index contributed by atoms with van der Waals surface area (Å²) in [6.07, 6.45) is 6.79. The molecular weight excluding hydrogens is 410 g/mol. The van der Waals surface area contributed by atoms with Gasteiger partial charge in [0, 0.05) is 19.1 Å². The Morgan fingerprint density at radius 1 is 1.12 bits per heavy atom. The highest BCUT2D eigenvalue weighted by atomic mass is 16.7. The summed E-state index contributed by atoms with van der Waals surface area (Å²) in [5.41, 5.74) is -0.886. The number of piperidine rings is 1. The van der Waals surface area contributed by atoms with Crippen LogP contribution in [0.25, 0.3) is 0 Å². The van der Waals surface area contributed by atoms with E-state index in [2.05, 4.69) is 35.5 Å². The summed E-state index contributed by atoms with van der Waals surface area (Å²) < 4.78 is 5.28. The van der Waals surface area contributed by atoms with Crippen molar-refractivity contribution < 1.29 is 19.2 Å². The van der Waals surface area contributed by atoms with Gasteiger partial charge < -0.3 is 25.1 Å². The fourth-order valence-electron chi connectivity index (χ4n) is 4.92. The Morgan fingerprint density at radius 2 is 1.78 bits per heavy atom. The van der Waals surface area contributed by atoms with Crippen LogP contribution in [0.3, 0.4) is 0 Å². The molecule has 2 aliphatic heterocycles. The molecule has 0 spiro atoms. The van der Waals surface area contributed by atoms with E-state index in [1.807, 2.05) is 0 Å². The van der Waals surface area contributed by atoms with E-state index in [0.717, 1.165) is 38.8 Å². The zero-order chi connectivity index (χ0) is 23.0. The van der Waals surface area contributed by atoms with Crippen molar-refractivity contribution in [2.75, 3.05) is 39.4 Å². The van der Waals surface area contributed by atoms with Crippen molar-refractivity contribution in [3.8, 4) is 6.07 Å². The molecule has 9 nitrogen and oxygen atoms in total. The molecule has 3 aliphatic rings. The molecule has 2 saturated heterocycles. The van der Waals surface area contributed by atoms with Crippen LogP contribution >= 0.6 is 0 Å². The van der Waals surface area contributed by atoms with Gasteiger partial charge in [-0.15, -0.1) is 5.06 Å². The standard InChI is InChI=1S/C23H39N5O4/c1-18(2)27-10-8-23(17-24,9-11-27)26-21(29)20(16-19-6-4-3-5-7-19)25-22(30)32-28-12-14-31-15-13-28/h18-20H,3-16H2,1-2H3,(H,25,30)(H,26,29). The van der Waals surface area contributed by atoms with E-state index < -0.39 is 17.7 Å². The lowest BCUT2D eigenvalue weighted by molar-refractivity contribution is -0.147. The predicted molar refractivity (Wildman–Crippen MR) is 119 cm³/mol. The van der Waals surface area contributed by atoms with E-state index in [1.165, 1.54) is 6.42 Å². The topological polar surface area (TPSA) is 107 Å². The summed E-state index contributed by atoms with van der Waals surface area (Å²) in [4.78, 5) is 33.6. The molecule has 0 radical (unpaired) electrons. The summed E-state index contributed by atoms with van der Waals surface area (Å²) in [5, 5.41) is 17.3. The summed E-state index contributed by atoms with van der Waals surface area (Å²) in [5.74, 6) is 0.109. The molecule has 9 heteroatoms. The number of carbonyl (C=O) groups excluding carboxylic acids is 2. The lowest BCUT2D eigenvalue weighted by Gasteiger charge is -2.40. The Morgan fingerprint density at radius 3 is 2.38 bits per heavy atom. The van der Waals surface area contributed by atoms with Crippen LogP contribution < -0.4 is 10.6 Å². The fourth-order valence-corrected chi connectivity index (χ4v) is 4.92. The third kappa shape index (κ3) is 7.06. The lowest BCUT2D eigenvalue weighted by Crippen LogP contribution is -2.59. The van der Waals surface area contributed by atoms with Crippen molar-refractivity contribution in [3.05, 3.63) is 0 Å². The van der Waals surface area contributed by atoms with E-state index in [9.17, 15) is 14.9 Å². The van der Waals surface area contributed by atoms with Crippen molar-refractivity contribution in [1.29, 1.82) is 5.26 Å². The van der Waals surface area contributed by atoms with Crippen molar-refractivity contribution in [2.45, 2.75) is 82.8 Å². The number of nitrogens with zero attached hydrogens (tertiary/aromatic N) is 3. The Bertz CT molecular complexity index is 660. The van der Waals surface area contributed by atoms with Gasteiger partial charge in [-0.25, -0.2) is 4.79 Å². The van der Waals surface area contributed by atoms with Crippen molar-refractivity contribution >= 4 is 12.0 Å². The maximum absolute atomic E-state index is 13.3. The number of morpholine rings is 1. The Kier molecular flexibility index (Phi) is 9.14. The average Bonchev–Trinajstić information content (AvgIpc) is 2.80. The highest BCUT2D eigenvalue weighted by Gasteiger charge is 2.39. The van der Waals surface area contributed by atoms with Crippen molar-refractivity contribution in [1.82, 2.24) is 20.6 Å². The molecule has 1 atom stereocenters. The summed E-state index contributed by atoms with van der Waals surface area (Å²) in [6.45, 7) is 7.86. The smallest absolute Gasteiger partial charge is 0.379 e. The van der Waals surface area contributed by atoms with Crippen LogP contribution in [0.15, 0.2) is 0 Å². The Balaban J connectivity index is 1.62. The van der Waals surface area contributed by atoms with Crippen molar-refractivity contribution in [2.24, 2.45) is 5.92 Å². The minimum absolute atomic E-state index is 0.283. The zero-order valence-corrected chi connectivity index (χ0v) is 19.6. The summed E-state index contributed by atoms with van der Waals surface area (Å²) >= 11 is 0. The maximum atomic E-state index is 13.3. The normalized spacial score (nSPS) is 23.8. The lowest BCUT2D eigenvalue weighted by atomic mass is 9.84. The third-order valence-electron chi connectivity index (χ3n) is 7.04. The van der Waals surface area contributed by atoms with E-state index in [4.69, 9.17) is 9.57 Å². The number of hydroxylamine groups is 2. The molecule has 0 aromatic heterocycles. The van der Waals surface area contributed by atoms with E-state index in [0.29, 0.717) is 57.5 Å². The molecule has 180 valence electrons. The first-order chi connectivity index (χ1) is 15.4. The largest absolute Gasteiger partial charge is 0.426 e. The molecule has 0 aromatic rings. The monoisotopic (exact) mass is 449 g/mol. The fraction of sp³-hybridized carbons (Fsp3) is 0.870. The highest BCUT2D eigenvalue weighted by molar-refractivity contribution is 5.86. The molecule has 3 rings (SSSR count). The van der Waals surface area contributed by atoms with Crippen LogP contribution in [0, 0.1) is 17.2 Å². The van der Waals surface area contributed by atoms with E-state index >= 15 is 0 Å². The van der Waals surface area contributed by atoms with Gasteiger partial charge in [0.25, 0.3) is 0 Å². The van der Waals surface area contributed by atoms with Gasteiger partial charge in [-0.1, -0.05) is 32.1 Å². The number of hydrogen-bond acceptors (Lipinski definition) is 7. The Labute approximate surface area is 191 Å². The summed E-state index contributed by atoms with van der Waals surface area (Å²) in [6, 6.07) is 2.07. The molecule has 2 heterocycles. The van der Waals surface area contributed by atoms with Crippen LogP contribution in [0.2, 0.25) is 0 Å². The molecule has 1 unspecified atom stereocenters. The minimum Gasteiger partial charge on any atom is -0.379 e. The van der Waals surface area contributed by atoms with E-state index in [-0.39, 0.29) is 5.91 Å². The molecule has 2 amide bonds. The van der Waals surface area contributed by atoms with Gasteiger partial charge in [0.05, 0.1) is 32.4 Å². The van der Waals surface area contributed by atoms with Gasteiger partial charge >= 0.3 is 6.09 Å². The SMILES string of the molecule is CC(C)N1CCC(C#N)(NC(=O)C(CC2CCCCC2)NC(=O)ON2CCOCC2)CC1. The van der Waals surface area contributed by atoms with Crippen LogP contribution in [0.4, 0.5) is 4.79 Å². The summed E-state index contributed by atoms with van der Waals surface area (Å²) in [7, 11) is 0. The zero-order valence-electron chi connectivity index (χ0n) is 19.6. The quantitative estimate of drug-likeness (QED) is 0.613. The van der Waals surface area contributed by atoms with Crippen LogP contribution in [-0.2, 0) is 14.4 Å². The molecule has 3 fully saturated rings. The van der Waals surface area contributed by atoms with Gasteiger partial charge in [-0.2, -0.15) is 5.26 Å². The first-order valence-corrected chi connectivity index (χ1v) is 12.2. The van der Waals surface area contributed by atoms with Gasteiger partial charge in [-0.05, 0) is 39.0 Å². The number of nitrogens with one attached hydrogen (secondary N) is 2. The van der Waals surface area contributed by atoms with Gasteiger partial charge in [0.1, 0.15) is 11.6 Å². The second-order valence-corrected chi connectivity index (χ2v) is 9.67. The molecule has 0 aromatic carbocycles. The number of amides is 2. The molecular formula is C23H39N5O4. The molecule has 1 saturated carbocycles. The highest BCUT2D eigenvalue weighted by Crippen LogP contribution is 2.28. The van der Waals surface area contributed by atoms with Gasteiger partial charge in [0.15, 0.2) is 0 Å². The maximum Gasteiger partial charge on any atom is 0.426 e. The molecule has 32 heavy (non-hydrogen) atoms. The number of ether oxygens (including phenoxy) is 1. The number of rotatable bonds is 7. The van der Waals surface area contributed by atoms with Crippen molar-refractivity contribution in [3.63, 3.8) is 0 Å². The Hall–Kier alpha value is -1.89. The van der Waals surface area contributed by atoms with Crippen LogP contribution in [0.5, 0.6) is 0 Å². The first kappa shape index (κ1) is 24.7. The number of carbonyl (C=O) groups is 2. The number of nitriles is 1. The number of hydrogen-bond donors (Lipinski definition) is 2. The first-order valence-electron chi connectivity index (χ1n) is 12.2. The minimum atomic E-state index is -0.886. The van der Waals surface area contributed by atoms with Gasteiger partial charge in [0.2, 0.25) is 5.91 Å².